The lowest BCUT2D eigenvalue weighted by Gasteiger charge is -2.19. The summed E-state index contributed by atoms with van der Waals surface area (Å²) in [4.78, 5) is 2.25. The Morgan fingerprint density at radius 1 is 1.43 bits per heavy atom. The van der Waals surface area contributed by atoms with Gasteiger partial charge in [-0.1, -0.05) is 0 Å². The number of nitrogens with two attached hydrogens (primary N) is 1. The van der Waals surface area contributed by atoms with E-state index in [2.05, 4.69) is 11.0 Å². The smallest absolute Gasteiger partial charge is 0.132 e. The lowest BCUT2D eigenvalue weighted by Crippen LogP contribution is -2.21. The van der Waals surface area contributed by atoms with Crippen molar-refractivity contribution >= 4 is 11.5 Å². The highest BCUT2D eigenvalue weighted by Crippen LogP contribution is 2.29. The Labute approximate surface area is 83.5 Å². The van der Waals surface area contributed by atoms with Crippen molar-refractivity contribution < 1.29 is 0 Å². The average Bonchev–Trinajstić information content (AvgIpc) is 2.74. The fourth-order valence-corrected chi connectivity index (χ4v) is 2.05. The molecule has 1 aromatic heterocycles. The lowest BCUT2D eigenvalue weighted by molar-refractivity contribution is 0.834. The summed E-state index contributed by atoms with van der Waals surface area (Å²) in [6.07, 6.45) is 2.43. The van der Waals surface area contributed by atoms with Crippen LogP contribution in [-0.4, -0.2) is 17.7 Å². The standard InChI is InChI=1S/C10H14N4/c1-13-8(7-11)6-9(12)10(13)14-4-2-3-5-14/h6H,2-5,12H2,1H3. The number of anilines is 2. The van der Waals surface area contributed by atoms with Crippen LogP contribution in [0, 0.1) is 11.3 Å². The second-order valence-electron chi connectivity index (χ2n) is 3.67. The van der Waals surface area contributed by atoms with Crippen LogP contribution in [0.4, 0.5) is 11.5 Å². The minimum absolute atomic E-state index is 0.629. The van der Waals surface area contributed by atoms with Crippen molar-refractivity contribution in [3.05, 3.63) is 11.8 Å². The quantitative estimate of drug-likeness (QED) is 0.720. The van der Waals surface area contributed by atoms with Crippen molar-refractivity contribution in [3.63, 3.8) is 0 Å². The van der Waals surface area contributed by atoms with E-state index >= 15 is 0 Å². The normalized spacial score (nSPS) is 15.9. The lowest BCUT2D eigenvalue weighted by atomic mass is 10.4. The predicted octanol–water partition coefficient (Wildman–Crippen LogP) is 1.08. The van der Waals surface area contributed by atoms with E-state index in [1.54, 1.807) is 6.07 Å². The molecule has 0 unspecified atom stereocenters. The van der Waals surface area contributed by atoms with E-state index in [0.29, 0.717) is 11.4 Å². The monoisotopic (exact) mass is 190 g/mol. The van der Waals surface area contributed by atoms with Gasteiger partial charge in [0.15, 0.2) is 0 Å². The van der Waals surface area contributed by atoms with Gasteiger partial charge in [-0.2, -0.15) is 5.26 Å². The van der Waals surface area contributed by atoms with E-state index < -0.39 is 0 Å². The van der Waals surface area contributed by atoms with Gasteiger partial charge in [-0.05, 0) is 18.9 Å². The van der Waals surface area contributed by atoms with E-state index in [9.17, 15) is 0 Å². The van der Waals surface area contributed by atoms with Crippen LogP contribution in [0.3, 0.4) is 0 Å². The van der Waals surface area contributed by atoms with Crippen LogP contribution < -0.4 is 10.6 Å². The third-order valence-electron chi connectivity index (χ3n) is 2.75. The zero-order chi connectivity index (χ0) is 10.1. The summed E-state index contributed by atoms with van der Waals surface area (Å²) in [5.74, 6) is 0.999. The van der Waals surface area contributed by atoms with Crippen LogP contribution in [0.1, 0.15) is 18.5 Å². The van der Waals surface area contributed by atoms with Gasteiger partial charge < -0.3 is 15.2 Å². The summed E-state index contributed by atoms with van der Waals surface area (Å²) >= 11 is 0. The van der Waals surface area contributed by atoms with Crippen LogP contribution >= 0.6 is 0 Å². The van der Waals surface area contributed by atoms with Crippen molar-refractivity contribution in [2.45, 2.75) is 12.8 Å². The summed E-state index contributed by atoms with van der Waals surface area (Å²) in [6, 6.07) is 3.88. The van der Waals surface area contributed by atoms with Gasteiger partial charge in [-0.15, -0.1) is 0 Å². The fourth-order valence-electron chi connectivity index (χ4n) is 2.05. The molecule has 74 valence electrons. The van der Waals surface area contributed by atoms with Gasteiger partial charge in [0.25, 0.3) is 0 Å². The summed E-state index contributed by atoms with van der Waals surface area (Å²) in [7, 11) is 1.89. The van der Waals surface area contributed by atoms with E-state index in [0.717, 1.165) is 18.9 Å². The summed E-state index contributed by atoms with van der Waals surface area (Å²) in [6.45, 7) is 2.10. The Morgan fingerprint density at radius 2 is 2.07 bits per heavy atom. The molecule has 2 heterocycles. The summed E-state index contributed by atoms with van der Waals surface area (Å²) in [5.41, 5.74) is 7.23. The Morgan fingerprint density at radius 3 is 2.57 bits per heavy atom. The largest absolute Gasteiger partial charge is 0.396 e. The molecule has 2 rings (SSSR count). The molecular formula is C10H14N4. The van der Waals surface area contributed by atoms with Gasteiger partial charge in [0.2, 0.25) is 0 Å². The molecule has 0 amide bonds. The summed E-state index contributed by atoms with van der Waals surface area (Å²) < 4.78 is 1.88. The Balaban J connectivity index is 2.42. The molecular weight excluding hydrogens is 176 g/mol. The average molecular weight is 190 g/mol. The number of nitrogens with zero attached hydrogens (tertiary/aromatic N) is 3. The molecule has 0 spiro atoms. The van der Waals surface area contributed by atoms with Crippen molar-refractivity contribution in [3.8, 4) is 6.07 Å². The maximum Gasteiger partial charge on any atom is 0.132 e. The molecule has 0 bridgehead atoms. The molecule has 0 aliphatic carbocycles. The van der Waals surface area contributed by atoms with Gasteiger partial charge in [0.1, 0.15) is 17.6 Å². The van der Waals surface area contributed by atoms with Crippen molar-refractivity contribution in [1.82, 2.24) is 4.57 Å². The second-order valence-corrected chi connectivity index (χ2v) is 3.67. The third kappa shape index (κ3) is 1.22. The zero-order valence-electron chi connectivity index (χ0n) is 8.32. The highest BCUT2D eigenvalue weighted by molar-refractivity contribution is 5.68. The Hall–Kier alpha value is -1.63. The molecule has 0 atom stereocenters. The Kier molecular flexibility index (Phi) is 2.08. The number of aromatic nitrogens is 1. The molecule has 2 N–H and O–H groups in total. The molecule has 1 saturated heterocycles. The molecule has 1 aliphatic rings. The van der Waals surface area contributed by atoms with Crippen molar-refractivity contribution in [2.75, 3.05) is 23.7 Å². The first-order chi connectivity index (χ1) is 6.74. The molecule has 0 aromatic carbocycles. The minimum Gasteiger partial charge on any atom is -0.396 e. The first kappa shape index (κ1) is 8.95. The van der Waals surface area contributed by atoms with E-state index in [-0.39, 0.29) is 0 Å². The topological polar surface area (TPSA) is 58.0 Å². The predicted molar refractivity (Wildman–Crippen MR) is 56.0 cm³/mol. The first-order valence-corrected chi connectivity index (χ1v) is 4.84. The summed E-state index contributed by atoms with van der Waals surface area (Å²) in [5, 5.41) is 8.85. The van der Waals surface area contributed by atoms with Gasteiger partial charge in [0, 0.05) is 20.1 Å². The van der Waals surface area contributed by atoms with Gasteiger partial charge in [-0.3, -0.25) is 0 Å². The highest BCUT2D eigenvalue weighted by Gasteiger charge is 2.19. The molecule has 1 aliphatic heterocycles. The van der Waals surface area contributed by atoms with Crippen LogP contribution in [0.5, 0.6) is 0 Å². The maximum atomic E-state index is 8.85. The van der Waals surface area contributed by atoms with Gasteiger partial charge in [-0.25, -0.2) is 0 Å². The SMILES string of the molecule is Cn1c(C#N)cc(N)c1N1CCCC1. The van der Waals surface area contributed by atoms with Crippen molar-refractivity contribution in [2.24, 2.45) is 7.05 Å². The Bertz CT molecular complexity index is 380. The zero-order valence-corrected chi connectivity index (χ0v) is 8.32. The van der Waals surface area contributed by atoms with Gasteiger partial charge >= 0.3 is 0 Å². The first-order valence-electron chi connectivity index (χ1n) is 4.84. The fraction of sp³-hybridized carbons (Fsp3) is 0.500. The van der Waals surface area contributed by atoms with E-state index in [1.165, 1.54) is 12.8 Å². The molecule has 0 saturated carbocycles. The minimum atomic E-state index is 0.629. The second kappa shape index (κ2) is 3.26. The van der Waals surface area contributed by atoms with Crippen LogP contribution in [0.2, 0.25) is 0 Å². The van der Waals surface area contributed by atoms with Crippen molar-refractivity contribution in [1.29, 1.82) is 5.26 Å². The third-order valence-corrected chi connectivity index (χ3v) is 2.75. The highest BCUT2D eigenvalue weighted by atomic mass is 15.3. The number of hydrogen-bond acceptors (Lipinski definition) is 3. The van der Waals surface area contributed by atoms with Crippen LogP contribution in [-0.2, 0) is 7.05 Å². The van der Waals surface area contributed by atoms with E-state index in [4.69, 9.17) is 11.0 Å². The molecule has 14 heavy (non-hydrogen) atoms. The number of hydrogen-bond donors (Lipinski definition) is 1. The molecule has 1 aromatic rings. The number of nitriles is 1. The molecule has 0 radical (unpaired) electrons. The van der Waals surface area contributed by atoms with Crippen LogP contribution in [0.25, 0.3) is 0 Å². The maximum absolute atomic E-state index is 8.85. The molecule has 4 heteroatoms. The molecule has 4 nitrogen and oxygen atoms in total. The van der Waals surface area contributed by atoms with E-state index in [1.807, 2.05) is 11.6 Å². The van der Waals surface area contributed by atoms with Crippen LogP contribution in [0.15, 0.2) is 6.07 Å². The molecule has 1 fully saturated rings. The number of nitrogen functional groups attached to an aromatic ring is 1. The number of rotatable bonds is 1. The van der Waals surface area contributed by atoms with Gasteiger partial charge in [0.05, 0.1) is 5.69 Å².